The molecule has 1 aromatic heterocycles. The highest BCUT2D eigenvalue weighted by atomic mass is 32.2. The standard InChI is InChI=1S/C13H17N3OS/c1-2-3-4-12-15-13(17-16-12)9-18-11-7-5-10(14)6-8-11/h5-8H,2-4,9,14H2,1H3. The Morgan fingerprint density at radius 2 is 2.06 bits per heavy atom. The molecule has 96 valence electrons. The van der Waals surface area contributed by atoms with Crippen LogP contribution in [-0.4, -0.2) is 10.1 Å². The van der Waals surface area contributed by atoms with Crippen molar-refractivity contribution < 1.29 is 4.52 Å². The molecule has 0 aliphatic rings. The Hall–Kier alpha value is -1.49. The Bertz CT molecular complexity index is 481. The molecule has 5 heteroatoms. The van der Waals surface area contributed by atoms with Gasteiger partial charge < -0.3 is 10.3 Å². The Morgan fingerprint density at radius 1 is 1.28 bits per heavy atom. The maximum Gasteiger partial charge on any atom is 0.237 e. The quantitative estimate of drug-likeness (QED) is 0.640. The first-order valence-corrected chi connectivity index (χ1v) is 7.06. The van der Waals surface area contributed by atoms with Crippen molar-refractivity contribution in [2.75, 3.05) is 5.73 Å². The zero-order valence-electron chi connectivity index (χ0n) is 10.4. The van der Waals surface area contributed by atoms with Crippen molar-refractivity contribution in [3.05, 3.63) is 36.0 Å². The van der Waals surface area contributed by atoms with E-state index in [2.05, 4.69) is 17.1 Å². The first kappa shape index (κ1) is 13.0. The van der Waals surface area contributed by atoms with Crippen LogP contribution in [0.25, 0.3) is 0 Å². The summed E-state index contributed by atoms with van der Waals surface area (Å²) in [5, 5.41) is 3.96. The van der Waals surface area contributed by atoms with Crippen molar-refractivity contribution in [3.8, 4) is 0 Å². The fraction of sp³-hybridized carbons (Fsp3) is 0.385. The van der Waals surface area contributed by atoms with Crippen molar-refractivity contribution in [1.82, 2.24) is 10.1 Å². The number of nitrogens with zero attached hydrogens (tertiary/aromatic N) is 2. The van der Waals surface area contributed by atoms with Crippen LogP contribution in [0.3, 0.4) is 0 Å². The number of rotatable bonds is 6. The fourth-order valence-electron chi connectivity index (χ4n) is 1.49. The summed E-state index contributed by atoms with van der Waals surface area (Å²) < 4.78 is 5.20. The summed E-state index contributed by atoms with van der Waals surface area (Å²) in [7, 11) is 0. The van der Waals surface area contributed by atoms with E-state index in [1.807, 2.05) is 24.3 Å². The molecule has 2 aromatic rings. The summed E-state index contributed by atoms with van der Waals surface area (Å²) in [4.78, 5) is 5.51. The second kappa shape index (κ2) is 6.44. The number of aromatic nitrogens is 2. The van der Waals surface area contributed by atoms with Crippen LogP contribution < -0.4 is 5.73 Å². The summed E-state index contributed by atoms with van der Waals surface area (Å²) in [5.74, 6) is 2.19. The van der Waals surface area contributed by atoms with E-state index in [-0.39, 0.29) is 0 Å². The lowest BCUT2D eigenvalue weighted by molar-refractivity contribution is 0.384. The number of aryl methyl sites for hydroxylation is 1. The summed E-state index contributed by atoms with van der Waals surface area (Å²) in [5.41, 5.74) is 6.41. The van der Waals surface area contributed by atoms with Gasteiger partial charge in [0.1, 0.15) is 0 Å². The predicted octanol–water partition coefficient (Wildman–Crippen LogP) is 3.29. The number of nitrogen functional groups attached to an aromatic ring is 1. The molecule has 0 aliphatic carbocycles. The molecule has 2 rings (SSSR count). The minimum Gasteiger partial charge on any atom is -0.399 e. The van der Waals surface area contributed by atoms with Crippen LogP contribution in [0.15, 0.2) is 33.7 Å². The van der Waals surface area contributed by atoms with E-state index in [0.29, 0.717) is 11.6 Å². The average molecular weight is 263 g/mol. The van der Waals surface area contributed by atoms with Gasteiger partial charge in [-0.1, -0.05) is 18.5 Å². The molecule has 18 heavy (non-hydrogen) atoms. The number of anilines is 1. The number of thioether (sulfide) groups is 1. The highest BCUT2D eigenvalue weighted by Gasteiger charge is 2.06. The van der Waals surface area contributed by atoms with Gasteiger partial charge in [0.25, 0.3) is 0 Å². The number of unbranched alkanes of at least 4 members (excludes halogenated alkanes) is 1. The molecule has 0 saturated carbocycles. The van der Waals surface area contributed by atoms with Crippen molar-refractivity contribution >= 4 is 17.4 Å². The Labute approximate surface area is 111 Å². The topological polar surface area (TPSA) is 64.9 Å². The van der Waals surface area contributed by atoms with Gasteiger partial charge >= 0.3 is 0 Å². The van der Waals surface area contributed by atoms with Gasteiger partial charge in [-0.15, -0.1) is 11.8 Å². The number of hydrogen-bond donors (Lipinski definition) is 1. The highest BCUT2D eigenvalue weighted by Crippen LogP contribution is 2.22. The van der Waals surface area contributed by atoms with Crippen molar-refractivity contribution in [2.45, 2.75) is 36.8 Å². The van der Waals surface area contributed by atoms with E-state index in [1.54, 1.807) is 11.8 Å². The molecule has 1 aromatic carbocycles. The van der Waals surface area contributed by atoms with Gasteiger partial charge in [-0.3, -0.25) is 0 Å². The molecular formula is C13H17N3OS. The zero-order chi connectivity index (χ0) is 12.8. The van der Waals surface area contributed by atoms with E-state index in [4.69, 9.17) is 10.3 Å². The van der Waals surface area contributed by atoms with Crippen molar-refractivity contribution in [2.24, 2.45) is 0 Å². The van der Waals surface area contributed by atoms with Gasteiger partial charge in [0.2, 0.25) is 5.89 Å². The molecule has 2 N–H and O–H groups in total. The lowest BCUT2D eigenvalue weighted by Crippen LogP contribution is -1.88. The second-order valence-corrected chi connectivity index (χ2v) is 5.11. The molecule has 0 fully saturated rings. The van der Waals surface area contributed by atoms with Crippen LogP contribution >= 0.6 is 11.8 Å². The summed E-state index contributed by atoms with van der Waals surface area (Å²) in [6.45, 7) is 2.15. The Morgan fingerprint density at radius 3 is 2.78 bits per heavy atom. The van der Waals surface area contributed by atoms with E-state index in [9.17, 15) is 0 Å². The van der Waals surface area contributed by atoms with Crippen molar-refractivity contribution in [3.63, 3.8) is 0 Å². The Balaban J connectivity index is 1.86. The molecule has 0 radical (unpaired) electrons. The smallest absolute Gasteiger partial charge is 0.237 e. The van der Waals surface area contributed by atoms with Crippen molar-refractivity contribution in [1.29, 1.82) is 0 Å². The first-order chi connectivity index (χ1) is 8.78. The third-order valence-corrected chi connectivity index (χ3v) is 3.50. The predicted molar refractivity (Wildman–Crippen MR) is 73.3 cm³/mol. The third-order valence-electron chi connectivity index (χ3n) is 2.51. The molecule has 4 nitrogen and oxygen atoms in total. The first-order valence-electron chi connectivity index (χ1n) is 6.07. The largest absolute Gasteiger partial charge is 0.399 e. The van der Waals surface area contributed by atoms with Gasteiger partial charge in [-0.2, -0.15) is 4.98 Å². The minimum atomic E-state index is 0.683. The normalized spacial score (nSPS) is 10.7. The van der Waals surface area contributed by atoms with Crippen LogP contribution in [0.2, 0.25) is 0 Å². The lowest BCUT2D eigenvalue weighted by atomic mass is 10.2. The van der Waals surface area contributed by atoms with E-state index in [1.165, 1.54) is 0 Å². The molecule has 0 amide bonds. The van der Waals surface area contributed by atoms with Gasteiger partial charge in [-0.05, 0) is 30.7 Å². The molecule has 0 bridgehead atoms. The maximum atomic E-state index is 5.63. The van der Waals surface area contributed by atoms with Gasteiger partial charge in [0.05, 0.1) is 5.75 Å². The average Bonchev–Trinajstić information content (AvgIpc) is 2.84. The summed E-state index contributed by atoms with van der Waals surface area (Å²) in [6.07, 6.45) is 3.14. The summed E-state index contributed by atoms with van der Waals surface area (Å²) >= 11 is 1.67. The van der Waals surface area contributed by atoms with Gasteiger partial charge in [-0.25, -0.2) is 0 Å². The van der Waals surface area contributed by atoms with Crippen LogP contribution in [0.4, 0.5) is 5.69 Å². The Kier molecular flexibility index (Phi) is 4.64. The van der Waals surface area contributed by atoms with Gasteiger partial charge in [0.15, 0.2) is 5.82 Å². The zero-order valence-corrected chi connectivity index (χ0v) is 11.2. The summed E-state index contributed by atoms with van der Waals surface area (Å²) in [6, 6.07) is 7.77. The maximum absolute atomic E-state index is 5.63. The van der Waals surface area contributed by atoms with Gasteiger partial charge in [0, 0.05) is 17.0 Å². The van der Waals surface area contributed by atoms with E-state index in [0.717, 1.165) is 35.7 Å². The molecule has 0 aliphatic heterocycles. The number of benzene rings is 1. The fourth-order valence-corrected chi connectivity index (χ4v) is 2.23. The number of hydrogen-bond acceptors (Lipinski definition) is 5. The minimum absolute atomic E-state index is 0.683. The van der Waals surface area contributed by atoms with Crippen LogP contribution in [0, 0.1) is 0 Å². The van der Waals surface area contributed by atoms with Crippen LogP contribution in [-0.2, 0) is 12.2 Å². The molecule has 0 unspecified atom stereocenters. The molecule has 0 spiro atoms. The second-order valence-electron chi connectivity index (χ2n) is 4.07. The highest BCUT2D eigenvalue weighted by molar-refractivity contribution is 7.98. The molecule has 0 atom stereocenters. The van der Waals surface area contributed by atoms with E-state index >= 15 is 0 Å². The molecular weight excluding hydrogens is 246 g/mol. The lowest BCUT2D eigenvalue weighted by Gasteiger charge is -1.98. The molecule has 0 saturated heterocycles. The van der Waals surface area contributed by atoms with Crippen LogP contribution in [0.1, 0.15) is 31.5 Å². The third kappa shape index (κ3) is 3.77. The molecule has 1 heterocycles. The monoisotopic (exact) mass is 263 g/mol. The number of nitrogens with two attached hydrogens (primary N) is 1. The van der Waals surface area contributed by atoms with Crippen LogP contribution in [0.5, 0.6) is 0 Å². The van der Waals surface area contributed by atoms with E-state index < -0.39 is 0 Å². The SMILES string of the molecule is CCCCc1noc(CSc2ccc(N)cc2)n1.